The van der Waals surface area contributed by atoms with Crippen LogP contribution in [0.1, 0.15) is 13.3 Å². The third kappa shape index (κ3) is 3.25. The molecule has 3 amide bonds. The molecule has 1 aliphatic carbocycles. The number of hydrogen-bond donors (Lipinski definition) is 4. The monoisotopic (exact) mass is 244 g/mol. The van der Waals surface area contributed by atoms with E-state index in [1.807, 2.05) is 12.3 Å². The van der Waals surface area contributed by atoms with E-state index in [0.717, 1.165) is 0 Å². The summed E-state index contributed by atoms with van der Waals surface area (Å²) in [6.45, 7) is 1.92. The number of allylic oxidation sites excluding steroid dienone is 3. The molecule has 0 aromatic carbocycles. The molecule has 0 saturated heterocycles. The normalized spacial score (nSPS) is 19.3. The number of nitrogens with one attached hydrogen (secondary N) is 3. The van der Waals surface area contributed by atoms with Gasteiger partial charge in [-0.3, -0.25) is 15.6 Å². The van der Waals surface area contributed by atoms with Crippen LogP contribution in [0.5, 0.6) is 0 Å². The summed E-state index contributed by atoms with van der Waals surface area (Å²) >= 11 is 5.88. The van der Waals surface area contributed by atoms with Gasteiger partial charge in [-0.2, -0.15) is 0 Å². The first-order valence-electron chi connectivity index (χ1n) is 4.67. The lowest BCUT2D eigenvalue weighted by Gasteiger charge is -2.17. The van der Waals surface area contributed by atoms with Crippen molar-refractivity contribution in [3.05, 3.63) is 22.8 Å². The highest BCUT2D eigenvalue weighted by Gasteiger charge is 2.18. The summed E-state index contributed by atoms with van der Waals surface area (Å²) in [4.78, 5) is 22.2. The molecule has 0 saturated carbocycles. The maximum absolute atomic E-state index is 11.5. The molecule has 0 fully saturated rings. The third-order valence-corrected chi connectivity index (χ3v) is 2.65. The highest BCUT2D eigenvalue weighted by molar-refractivity contribution is 6.30. The summed E-state index contributed by atoms with van der Waals surface area (Å²) in [5.41, 5.74) is 6.68. The Labute approximate surface area is 97.8 Å². The molecule has 0 bridgehead atoms. The largest absolute Gasteiger partial charge is 0.347 e. The zero-order valence-corrected chi connectivity index (χ0v) is 9.47. The lowest BCUT2D eigenvalue weighted by atomic mass is 9.95. The second kappa shape index (κ2) is 5.53. The van der Waals surface area contributed by atoms with Crippen molar-refractivity contribution in [1.82, 2.24) is 16.3 Å². The Hall–Kier alpha value is -1.53. The lowest BCUT2D eigenvalue weighted by Crippen LogP contribution is -2.49. The third-order valence-electron chi connectivity index (χ3n) is 2.15. The molecule has 16 heavy (non-hydrogen) atoms. The topological polar surface area (TPSA) is 96.2 Å². The number of nitrogens with two attached hydrogens (primary N) is 1. The number of rotatable bonds is 1. The standard InChI is InChI=1S/C9H13ClN4O2/c1-5-4-6(2-3-7(5)10)8(15)13-14-9(16)12-11/h2-3,5H,4,11H2,1H3,(H,13,15)(H2,12,14,16). The first-order valence-corrected chi connectivity index (χ1v) is 5.05. The second-order valence-corrected chi connectivity index (χ2v) is 3.84. The van der Waals surface area contributed by atoms with E-state index in [9.17, 15) is 9.59 Å². The molecular weight excluding hydrogens is 232 g/mol. The van der Waals surface area contributed by atoms with Crippen LogP contribution < -0.4 is 22.1 Å². The van der Waals surface area contributed by atoms with Gasteiger partial charge in [-0.05, 0) is 18.4 Å². The molecule has 7 heteroatoms. The first kappa shape index (κ1) is 12.5. The van der Waals surface area contributed by atoms with Crippen LogP contribution >= 0.6 is 11.6 Å². The van der Waals surface area contributed by atoms with E-state index in [-0.39, 0.29) is 11.8 Å². The summed E-state index contributed by atoms with van der Waals surface area (Å²) in [5, 5.41) is 0.712. The Kier molecular flexibility index (Phi) is 4.33. The Balaban J connectivity index is 2.53. The van der Waals surface area contributed by atoms with Crippen LogP contribution in [-0.2, 0) is 4.79 Å². The molecule has 88 valence electrons. The Bertz CT molecular complexity index is 365. The van der Waals surface area contributed by atoms with Gasteiger partial charge in [-0.15, -0.1) is 0 Å². The molecule has 0 aromatic rings. The van der Waals surface area contributed by atoms with E-state index in [0.29, 0.717) is 17.0 Å². The molecule has 1 aliphatic rings. The van der Waals surface area contributed by atoms with Crippen molar-refractivity contribution in [3.8, 4) is 0 Å². The van der Waals surface area contributed by atoms with Gasteiger partial charge in [0.05, 0.1) is 0 Å². The number of carbonyl (C=O) groups is 2. The molecule has 0 aromatic heterocycles. The van der Waals surface area contributed by atoms with E-state index in [2.05, 4.69) is 10.9 Å². The van der Waals surface area contributed by atoms with Crippen molar-refractivity contribution in [3.63, 3.8) is 0 Å². The molecule has 0 spiro atoms. The molecule has 0 aliphatic heterocycles. The fraction of sp³-hybridized carbons (Fsp3) is 0.333. The van der Waals surface area contributed by atoms with Crippen molar-refractivity contribution < 1.29 is 9.59 Å². The van der Waals surface area contributed by atoms with Gasteiger partial charge < -0.3 is 0 Å². The maximum Gasteiger partial charge on any atom is 0.347 e. The minimum absolute atomic E-state index is 0.107. The number of halogens is 1. The molecule has 6 nitrogen and oxygen atoms in total. The van der Waals surface area contributed by atoms with E-state index >= 15 is 0 Å². The van der Waals surface area contributed by atoms with Gasteiger partial charge in [0.25, 0.3) is 5.91 Å². The average molecular weight is 245 g/mol. The van der Waals surface area contributed by atoms with Crippen molar-refractivity contribution in [2.24, 2.45) is 11.8 Å². The van der Waals surface area contributed by atoms with Gasteiger partial charge in [0.15, 0.2) is 0 Å². The fourth-order valence-corrected chi connectivity index (χ4v) is 1.38. The van der Waals surface area contributed by atoms with Crippen LogP contribution in [0.15, 0.2) is 22.8 Å². The molecule has 0 radical (unpaired) electrons. The van der Waals surface area contributed by atoms with Gasteiger partial charge in [-0.1, -0.05) is 24.6 Å². The molecule has 1 unspecified atom stereocenters. The highest BCUT2D eigenvalue weighted by Crippen LogP contribution is 2.27. The van der Waals surface area contributed by atoms with Crippen LogP contribution in [0.3, 0.4) is 0 Å². The maximum atomic E-state index is 11.5. The summed E-state index contributed by atoms with van der Waals surface area (Å²) in [6, 6.07) is -0.689. The molecule has 0 heterocycles. The van der Waals surface area contributed by atoms with Crippen molar-refractivity contribution in [2.45, 2.75) is 13.3 Å². The number of amides is 3. The summed E-state index contributed by atoms with van der Waals surface area (Å²) in [5.74, 6) is 4.55. The smallest absolute Gasteiger partial charge is 0.275 e. The van der Waals surface area contributed by atoms with E-state index in [4.69, 9.17) is 17.4 Å². The zero-order valence-electron chi connectivity index (χ0n) is 8.71. The van der Waals surface area contributed by atoms with Crippen LogP contribution in [-0.4, -0.2) is 11.9 Å². The van der Waals surface area contributed by atoms with Crippen molar-refractivity contribution in [1.29, 1.82) is 0 Å². The molecule has 5 N–H and O–H groups in total. The highest BCUT2D eigenvalue weighted by atomic mass is 35.5. The van der Waals surface area contributed by atoms with Gasteiger partial charge in [-0.25, -0.2) is 16.1 Å². The van der Waals surface area contributed by atoms with Crippen LogP contribution in [0.25, 0.3) is 0 Å². The van der Waals surface area contributed by atoms with Gasteiger partial charge >= 0.3 is 6.03 Å². The van der Waals surface area contributed by atoms with Crippen LogP contribution in [0.2, 0.25) is 0 Å². The summed E-state index contributed by atoms with van der Waals surface area (Å²) in [6.07, 6.45) is 3.83. The Morgan fingerprint density at radius 1 is 1.44 bits per heavy atom. The minimum Gasteiger partial charge on any atom is -0.275 e. The van der Waals surface area contributed by atoms with E-state index < -0.39 is 6.03 Å². The summed E-state index contributed by atoms with van der Waals surface area (Å²) in [7, 11) is 0. The first-order chi connectivity index (χ1) is 7.54. The predicted octanol–water partition coefficient (Wildman–Crippen LogP) is 0.279. The zero-order chi connectivity index (χ0) is 12.1. The number of hydrogen-bond acceptors (Lipinski definition) is 3. The van der Waals surface area contributed by atoms with Gasteiger partial charge in [0, 0.05) is 10.6 Å². The number of hydrazine groups is 2. The second-order valence-electron chi connectivity index (χ2n) is 3.40. The van der Waals surface area contributed by atoms with Crippen molar-refractivity contribution in [2.75, 3.05) is 0 Å². The van der Waals surface area contributed by atoms with Crippen LogP contribution in [0, 0.1) is 5.92 Å². The quantitative estimate of drug-likeness (QED) is 0.303. The van der Waals surface area contributed by atoms with Gasteiger partial charge in [0.1, 0.15) is 0 Å². The fourth-order valence-electron chi connectivity index (χ4n) is 1.24. The molecule has 1 rings (SSSR count). The minimum atomic E-state index is -0.689. The van der Waals surface area contributed by atoms with E-state index in [1.165, 1.54) is 0 Å². The number of carbonyl (C=O) groups excluding carboxylic acids is 2. The molecule has 1 atom stereocenters. The Morgan fingerprint density at radius 3 is 2.69 bits per heavy atom. The summed E-state index contributed by atoms with van der Waals surface area (Å²) < 4.78 is 0. The average Bonchev–Trinajstić information content (AvgIpc) is 2.29. The number of urea groups is 1. The SMILES string of the molecule is CC1CC(C(=O)NNC(=O)NN)=CC=C1Cl. The van der Waals surface area contributed by atoms with Crippen molar-refractivity contribution >= 4 is 23.5 Å². The Morgan fingerprint density at radius 2 is 2.12 bits per heavy atom. The predicted molar refractivity (Wildman–Crippen MR) is 59.8 cm³/mol. The molecular formula is C9H13ClN4O2. The lowest BCUT2D eigenvalue weighted by molar-refractivity contribution is -0.118. The van der Waals surface area contributed by atoms with Gasteiger partial charge in [0.2, 0.25) is 0 Å². The van der Waals surface area contributed by atoms with Crippen LogP contribution in [0.4, 0.5) is 4.79 Å². The van der Waals surface area contributed by atoms with E-state index in [1.54, 1.807) is 12.2 Å².